The van der Waals surface area contributed by atoms with E-state index in [2.05, 4.69) is 15.6 Å². The van der Waals surface area contributed by atoms with Gasteiger partial charge in [-0.25, -0.2) is 0 Å². The lowest BCUT2D eigenvalue weighted by Gasteiger charge is -2.19. The second kappa shape index (κ2) is 8.32. The van der Waals surface area contributed by atoms with Crippen LogP contribution < -0.4 is 10.6 Å². The van der Waals surface area contributed by atoms with Crippen molar-refractivity contribution in [3.63, 3.8) is 0 Å². The maximum absolute atomic E-state index is 12.4. The first kappa shape index (κ1) is 18.5. The van der Waals surface area contributed by atoms with Crippen LogP contribution >= 0.6 is 0 Å². The summed E-state index contributed by atoms with van der Waals surface area (Å²) in [5, 5.41) is 15.0. The Bertz CT molecular complexity index is 767. The second-order valence-electron chi connectivity index (χ2n) is 6.21. The fraction of sp³-hybridized carbons (Fsp3) is 0.389. The van der Waals surface area contributed by atoms with Gasteiger partial charge in [-0.1, -0.05) is 32.0 Å². The van der Waals surface area contributed by atoms with Crippen molar-refractivity contribution in [2.24, 2.45) is 5.92 Å². The van der Waals surface area contributed by atoms with E-state index in [4.69, 9.17) is 5.11 Å². The van der Waals surface area contributed by atoms with Crippen LogP contribution in [-0.4, -0.2) is 40.5 Å². The highest BCUT2D eigenvalue weighted by Crippen LogP contribution is 2.19. The molecule has 1 aromatic carbocycles. The summed E-state index contributed by atoms with van der Waals surface area (Å²) in [6.45, 7) is 3.52. The van der Waals surface area contributed by atoms with E-state index in [-0.39, 0.29) is 30.7 Å². The molecule has 0 spiro atoms. The lowest BCUT2D eigenvalue weighted by atomic mass is 10.0. The van der Waals surface area contributed by atoms with E-state index in [1.807, 2.05) is 30.5 Å². The minimum absolute atomic E-state index is 0.0239. The minimum atomic E-state index is -0.986. The van der Waals surface area contributed by atoms with Gasteiger partial charge in [-0.15, -0.1) is 0 Å². The smallest absolute Gasteiger partial charge is 0.305 e. The van der Waals surface area contributed by atoms with Crippen LogP contribution in [0, 0.1) is 5.92 Å². The molecule has 1 unspecified atom stereocenters. The summed E-state index contributed by atoms with van der Waals surface area (Å²) in [5.74, 6) is -1.85. The van der Waals surface area contributed by atoms with Gasteiger partial charge in [0.1, 0.15) is 6.04 Å². The molecule has 1 atom stereocenters. The topological polar surface area (TPSA) is 111 Å². The summed E-state index contributed by atoms with van der Waals surface area (Å²) in [5.41, 5.74) is 1.87. The van der Waals surface area contributed by atoms with E-state index in [9.17, 15) is 14.4 Å². The molecule has 0 bridgehead atoms. The standard InChI is InChI=1S/C18H23N3O4/c1-11(2)17(24)21-15(18(25)19-8-7-16(22)23)9-12-10-20-14-6-4-3-5-13(12)14/h3-6,10-11,15,20H,7-9H2,1-2H3,(H,19,25)(H,21,24)(H,22,23). The van der Waals surface area contributed by atoms with Gasteiger partial charge in [-0.05, 0) is 11.6 Å². The predicted molar refractivity (Wildman–Crippen MR) is 94.0 cm³/mol. The van der Waals surface area contributed by atoms with E-state index in [0.717, 1.165) is 16.5 Å². The number of H-pyrrole nitrogens is 1. The van der Waals surface area contributed by atoms with Crippen molar-refractivity contribution in [2.45, 2.75) is 32.7 Å². The first-order valence-corrected chi connectivity index (χ1v) is 8.23. The molecular formula is C18H23N3O4. The van der Waals surface area contributed by atoms with Crippen LogP contribution in [0.25, 0.3) is 10.9 Å². The summed E-state index contributed by atoms with van der Waals surface area (Å²) in [6.07, 6.45) is 1.98. The van der Waals surface area contributed by atoms with Gasteiger partial charge in [0.15, 0.2) is 0 Å². The molecule has 0 radical (unpaired) electrons. The van der Waals surface area contributed by atoms with Crippen molar-refractivity contribution in [3.05, 3.63) is 36.0 Å². The van der Waals surface area contributed by atoms with Crippen molar-refractivity contribution >= 4 is 28.7 Å². The van der Waals surface area contributed by atoms with Gasteiger partial charge in [0.25, 0.3) is 0 Å². The number of aromatic nitrogens is 1. The molecule has 7 heteroatoms. The molecule has 25 heavy (non-hydrogen) atoms. The number of rotatable bonds is 8. The Morgan fingerprint density at radius 1 is 1.16 bits per heavy atom. The molecule has 0 aliphatic carbocycles. The first-order valence-electron chi connectivity index (χ1n) is 8.23. The van der Waals surface area contributed by atoms with Crippen molar-refractivity contribution in [1.29, 1.82) is 0 Å². The number of aromatic amines is 1. The highest BCUT2D eigenvalue weighted by molar-refractivity contribution is 5.90. The van der Waals surface area contributed by atoms with Gasteiger partial charge in [-0.2, -0.15) is 0 Å². The molecule has 0 aliphatic heterocycles. The molecular weight excluding hydrogens is 322 g/mol. The summed E-state index contributed by atoms with van der Waals surface area (Å²) < 4.78 is 0. The number of amides is 2. The third kappa shape index (κ3) is 5.07. The molecule has 2 aromatic rings. The molecule has 0 saturated heterocycles. The van der Waals surface area contributed by atoms with Crippen molar-refractivity contribution in [2.75, 3.05) is 6.54 Å². The van der Waals surface area contributed by atoms with Gasteiger partial charge in [0.05, 0.1) is 6.42 Å². The molecule has 0 fully saturated rings. The van der Waals surface area contributed by atoms with E-state index >= 15 is 0 Å². The summed E-state index contributed by atoms with van der Waals surface area (Å²) in [4.78, 5) is 38.2. The fourth-order valence-electron chi connectivity index (χ4n) is 2.48. The Morgan fingerprint density at radius 2 is 1.88 bits per heavy atom. The highest BCUT2D eigenvalue weighted by atomic mass is 16.4. The van der Waals surface area contributed by atoms with Gasteiger partial charge >= 0.3 is 5.97 Å². The minimum Gasteiger partial charge on any atom is -0.481 e. The van der Waals surface area contributed by atoms with E-state index in [0.29, 0.717) is 6.42 Å². The number of carbonyl (C=O) groups is 3. The first-order chi connectivity index (χ1) is 11.9. The van der Waals surface area contributed by atoms with Crippen LogP contribution in [0.4, 0.5) is 0 Å². The third-order valence-electron chi connectivity index (χ3n) is 3.89. The van der Waals surface area contributed by atoms with Crippen molar-refractivity contribution in [1.82, 2.24) is 15.6 Å². The zero-order valence-corrected chi connectivity index (χ0v) is 14.3. The Hall–Kier alpha value is -2.83. The Balaban J connectivity index is 2.14. The number of aliphatic carboxylic acids is 1. The normalized spacial score (nSPS) is 12.1. The molecule has 2 amide bonds. The molecule has 1 heterocycles. The molecule has 7 nitrogen and oxygen atoms in total. The van der Waals surface area contributed by atoms with Crippen LogP contribution in [-0.2, 0) is 20.8 Å². The Morgan fingerprint density at radius 3 is 2.56 bits per heavy atom. The monoisotopic (exact) mass is 345 g/mol. The van der Waals surface area contributed by atoms with Crippen LogP contribution in [0.1, 0.15) is 25.8 Å². The average molecular weight is 345 g/mol. The van der Waals surface area contributed by atoms with E-state index in [1.54, 1.807) is 13.8 Å². The zero-order valence-electron chi connectivity index (χ0n) is 14.3. The lowest BCUT2D eigenvalue weighted by Crippen LogP contribution is -2.49. The quantitative estimate of drug-likeness (QED) is 0.580. The number of hydrogen-bond donors (Lipinski definition) is 4. The number of fused-ring (bicyclic) bond motifs is 1. The third-order valence-corrected chi connectivity index (χ3v) is 3.89. The van der Waals surface area contributed by atoms with Crippen LogP contribution in [0.5, 0.6) is 0 Å². The Labute approximate surface area is 145 Å². The maximum atomic E-state index is 12.4. The van der Waals surface area contributed by atoms with Crippen molar-refractivity contribution < 1.29 is 19.5 Å². The summed E-state index contributed by atoms with van der Waals surface area (Å²) in [6, 6.07) is 6.95. The SMILES string of the molecule is CC(C)C(=O)NC(Cc1c[nH]c2ccccc12)C(=O)NCCC(=O)O. The van der Waals surface area contributed by atoms with E-state index in [1.165, 1.54) is 0 Å². The molecule has 1 aromatic heterocycles. The van der Waals surface area contributed by atoms with Crippen LogP contribution in [0.15, 0.2) is 30.5 Å². The van der Waals surface area contributed by atoms with Gasteiger partial charge in [0, 0.05) is 36.0 Å². The Kier molecular flexibility index (Phi) is 6.16. The number of hydrogen-bond acceptors (Lipinski definition) is 3. The number of carboxylic acid groups (broad SMARTS) is 1. The van der Waals surface area contributed by atoms with Gasteiger partial charge in [-0.3, -0.25) is 14.4 Å². The molecule has 134 valence electrons. The van der Waals surface area contributed by atoms with Crippen molar-refractivity contribution in [3.8, 4) is 0 Å². The predicted octanol–water partition coefficient (Wildman–Crippen LogP) is 1.44. The molecule has 0 saturated carbocycles. The number of carboxylic acids is 1. The highest BCUT2D eigenvalue weighted by Gasteiger charge is 2.23. The molecule has 2 rings (SSSR count). The molecule has 0 aliphatic rings. The number of carbonyl (C=O) groups excluding carboxylic acids is 2. The second-order valence-corrected chi connectivity index (χ2v) is 6.21. The van der Waals surface area contributed by atoms with Gasteiger partial charge in [0.2, 0.25) is 11.8 Å². The van der Waals surface area contributed by atoms with Crippen LogP contribution in [0.3, 0.4) is 0 Å². The fourth-order valence-corrected chi connectivity index (χ4v) is 2.48. The van der Waals surface area contributed by atoms with Crippen LogP contribution in [0.2, 0.25) is 0 Å². The number of benzene rings is 1. The lowest BCUT2D eigenvalue weighted by molar-refractivity contribution is -0.137. The van der Waals surface area contributed by atoms with E-state index < -0.39 is 12.0 Å². The largest absolute Gasteiger partial charge is 0.481 e. The number of nitrogens with one attached hydrogen (secondary N) is 3. The number of para-hydroxylation sites is 1. The zero-order chi connectivity index (χ0) is 18.4. The maximum Gasteiger partial charge on any atom is 0.305 e. The summed E-state index contributed by atoms with van der Waals surface area (Å²) >= 11 is 0. The summed E-state index contributed by atoms with van der Waals surface area (Å²) in [7, 11) is 0. The molecule has 4 N–H and O–H groups in total. The van der Waals surface area contributed by atoms with Gasteiger partial charge < -0.3 is 20.7 Å². The average Bonchev–Trinajstić information content (AvgIpc) is 2.96.